The van der Waals surface area contributed by atoms with Crippen LogP contribution in [0.4, 0.5) is 0 Å². The molecule has 7 heteroatoms. The lowest BCUT2D eigenvalue weighted by molar-refractivity contribution is 0.438. The fraction of sp³-hybridized carbons (Fsp3) is 0.333. The third-order valence-electron chi connectivity index (χ3n) is 2.24. The summed E-state index contributed by atoms with van der Waals surface area (Å²) in [6, 6.07) is 0. The van der Waals surface area contributed by atoms with Gasteiger partial charge in [0.15, 0.2) is 5.66 Å². The van der Waals surface area contributed by atoms with Gasteiger partial charge in [-0.3, -0.25) is 0 Å². The molecule has 0 amide bonds. The van der Waals surface area contributed by atoms with Gasteiger partial charge in [-0.15, -0.1) is 11.3 Å². The third kappa shape index (κ3) is 1.95. The van der Waals surface area contributed by atoms with Gasteiger partial charge < -0.3 is 5.32 Å². The van der Waals surface area contributed by atoms with E-state index in [4.69, 9.17) is 34.8 Å². The van der Waals surface area contributed by atoms with Crippen molar-refractivity contribution in [2.45, 2.75) is 19.5 Å². The van der Waals surface area contributed by atoms with Gasteiger partial charge in [-0.25, -0.2) is 9.98 Å². The van der Waals surface area contributed by atoms with Crippen molar-refractivity contribution >= 4 is 51.3 Å². The number of aromatic nitrogens is 1. The zero-order valence-electron chi connectivity index (χ0n) is 8.51. The van der Waals surface area contributed by atoms with E-state index in [0.717, 1.165) is 10.6 Å². The summed E-state index contributed by atoms with van der Waals surface area (Å²) < 4.78 is 0. The van der Waals surface area contributed by atoms with Gasteiger partial charge in [-0.2, -0.15) is 0 Å². The van der Waals surface area contributed by atoms with Crippen LogP contribution < -0.4 is 5.32 Å². The second-order valence-electron chi connectivity index (χ2n) is 3.49. The Morgan fingerprint density at radius 1 is 1.38 bits per heavy atom. The zero-order valence-corrected chi connectivity index (χ0v) is 11.6. The molecule has 2 heterocycles. The minimum atomic E-state index is -0.697. The zero-order chi connectivity index (χ0) is 11.9. The van der Waals surface area contributed by atoms with Crippen molar-refractivity contribution in [3.05, 3.63) is 26.3 Å². The maximum atomic E-state index is 5.97. The van der Waals surface area contributed by atoms with Crippen LogP contribution in [-0.2, 0) is 5.66 Å². The van der Waals surface area contributed by atoms with Gasteiger partial charge in [-0.05, 0) is 13.8 Å². The second kappa shape index (κ2) is 4.18. The highest BCUT2D eigenvalue weighted by Gasteiger charge is 2.34. The predicted molar refractivity (Wildman–Crippen MR) is 69.4 cm³/mol. The molecular formula is C9H8Cl3N3S. The highest BCUT2D eigenvalue weighted by Crippen LogP contribution is 2.35. The number of halogens is 3. The summed E-state index contributed by atoms with van der Waals surface area (Å²) in [6.07, 6.45) is 0. The van der Waals surface area contributed by atoms with Gasteiger partial charge in [0.1, 0.15) is 15.4 Å². The van der Waals surface area contributed by atoms with E-state index in [-0.39, 0.29) is 10.2 Å². The molecule has 16 heavy (non-hydrogen) atoms. The Kier molecular flexibility index (Phi) is 3.18. The number of nitrogens with one attached hydrogen (secondary N) is 1. The van der Waals surface area contributed by atoms with Crippen molar-refractivity contribution < 1.29 is 0 Å². The molecule has 3 nitrogen and oxygen atoms in total. The summed E-state index contributed by atoms with van der Waals surface area (Å²) >= 11 is 19.3. The Bertz CT molecular complexity index is 494. The average molecular weight is 297 g/mol. The lowest BCUT2D eigenvalue weighted by Crippen LogP contribution is -2.39. The molecule has 1 aliphatic rings. The monoisotopic (exact) mass is 295 g/mol. The number of aliphatic imine (C=N–C) groups is 1. The van der Waals surface area contributed by atoms with Gasteiger partial charge in [0, 0.05) is 0 Å². The summed E-state index contributed by atoms with van der Waals surface area (Å²) in [5, 5.41) is 3.78. The van der Waals surface area contributed by atoms with E-state index in [9.17, 15) is 0 Å². The van der Waals surface area contributed by atoms with Crippen molar-refractivity contribution in [3.63, 3.8) is 0 Å². The lowest BCUT2D eigenvalue weighted by atomic mass is 10.1. The second-order valence-corrected chi connectivity index (χ2v) is 5.46. The number of nitrogens with zero attached hydrogens (tertiary/aromatic N) is 2. The van der Waals surface area contributed by atoms with Crippen LogP contribution in [0.3, 0.4) is 0 Å². The molecular weight excluding hydrogens is 289 g/mol. The Labute approximate surface area is 112 Å². The molecule has 1 N–H and O–H groups in total. The Morgan fingerprint density at radius 2 is 2.06 bits per heavy atom. The number of allylic oxidation sites excluding steroid dienone is 1. The van der Waals surface area contributed by atoms with Gasteiger partial charge in [0.25, 0.3) is 0 Å². The summed E-state index contributed by atoms with van der Waals surface area (Å²) in [7, 11) is 0. The van der Waals surface area contributed by atoms with Crippen LogP contribution in [0.1, 0.15) is 17.5 Å². The number of thiazole rings is 1. The molecule has 0 aliphatic carbocycles. The highest BCUT2D eigenvalue weighted by molar-refractivity contribution is 7.10. The number of hydrogen-bond donors (Lipinski definition) is 1. The molecule has 86 valence electrons. The first-order valence-corrected chi connectivity index (χ1v) is 6.45. The molecule has 0 aromatic carbocycles. The number of rotatable bonds is 1. The quantitative estimate of drug-likeness (QED) is 0.805. The Balaban J connectivity index is 2.48. The van der Waals surface area contributed by atoms with Crippen molar-refractivity contribution in [2.75, 3.05) is 0 Å². The van der Waals surface area contributed by atoms with E-state index in [1.54, 1.807) is 5.51 Å². The third-order valence-corrected chi connectivity index (χ3v) is 4.49. The van der Waals surface area contributed by atoms with Gasteiger partial charge in [0.05, 0.1) is 16.1 Å². The standard InChI is InChI=1S/C9H8Cl3N3S/c1-4-6(16-3-13-4)9(2)14-7(11)5(10)8(12)15-9/h3,14H,1-2H3. The highest BCUT2D eigenvalue weighted by atomic mass is 35.5. The summed E-state index contributed by atoms with van der Waals surface area (Å²) in [6.45, 7) is 3.79. The summed E-state index contributed by atoms with van der Waals surface area (Å²) in [4.78, 5) is 9.46. The van der Waals surface area contributed by atoms with Gasteiger partial charge >= 0.3 is 0 Å². The van der Waals surface area contributed by atoms with E-state index < -0.39 is 5.66 Å². The largest absolute Gasteiger partial charge is 0.346 e. The molecule has 0 fully saturated rings. The molecule has 2 rings (SSSR count). The normalized spacial score (nSPS) is 25.4. The predicted octanol–water partition coefficient (Wildman–Crippen LogP) is 3.51. The average Bonchev–Trinajstić information content (AvgIpc) is 2.61. The molecule has 0 spiro atoms. The minimum Gasteiger partial charge on any atom is -0.346 e. The van der Waals surface area contributed by atoms with E-state index >= 15 is 0 Å². The van der Waals surface area contributed by atoms with E-state index in [2.05, 4.69) is 15.3 Å². The maximum absolute atomic E-state index is 5.97. The van der Waals surface area contributed by atoms with Crippen LogP contribution in [0.5, 0.6) is 0 Å². The van der Waals surface area contributed by atoms with Crippen LogP contribution >= 0.6 is 46.1 Å². The SMILES string of the molecule is Cc1ncsc1C1(C)N=C(Cl)C(Cl)=C(Cl)N1. The van der Waals surface area contributed by atoms with E-state index in [1.165, 1.54) is 11.3 Å². The van der Waals surface area contributed by atoms with Gasteiger partial charge in [0.2, 0.25) is 0 Å². The molecule has 1 unspecified atom stereocenters. The lowest BCUT2D eigenvalue weighted by Gasteiger charge is -2.30. The molecule has 1 aromatic heterocycles. The number of aryl methyl sites for hydroxylation is 1. The first kappa shape index (κ1) is 12.2. The molecule has 1 atom stereocenters. The maximum Gasteiger partial charge on any atom is 0.166 e. The van der Waals surface area contributed by atoms with Crippen molar-refractivity contribution in [3.8, 4) is 0 Å². The van der Waals surface area contributed by atoms with Crippen LogP contribution in [0.25, 0.3) is 0 Å². The van der Waals surface area contributed by atoms with Crippen LogP contribution in [-0.4, -0.2) is 10.2 Å². The van der Waals surface area contributed by atoms with Crippen LogP contribution in [0, 0.1) is 6.92 Å². The smallest absolute Gasteiger partial charge is 0.166 e. The molecule has 0 saturated heterocycles. The molecule has 0 bridgehead atoms. The van der Waals surface area contributed by atoms with E-state index in [0.29, 0.717) is 5.16 Å². The summed E-state index contributed by atoms with van der Waals surface area (Å²) in [5.74, 6) is 0. The van der Waals surface area contributed by atoms with Crippen LogP contribution in [0.2, 0.25) is 0 Å². The van der Waals surface area contributed by atoms with Gasteiger partial charge in [-0.1, -0.05) is 34.8 Å². The topological polar surface area (TPSA) is 37.3 Å². The number of hydrogen-bond acceptors (Lipinski definition) is 4. The molecule has 1 aromatic rings. The molecule has 0 saturated carbocycles. The Morgan fingerprint density at radius 3 is 2.56 bits per heavy atom. The fourth-order valence-electron chi connectivity index (χ4n) is 1.51. The van der Waals surface area contributed by atoms with Crippen LogP contribution in [0.15, 0.2) is 20.7 Å². The summed E-state index contributed by atoms with van der Waals surface area (Å²) in [5.41, 5.74) is 1.96. The first-order chi connectivity index (χ1) is 7.44. The first-order valence-electron chi connectivity index (χ1n) is 4.44. The van der Waals surface area contributed by atoms with Crippen molar-refractivity contribution in [1.29, 1.82) is 0 Å². The van der Waals surface area contributed by atoms with E-state index in [1.807, 2.05) is 13.8 Å². The van der Waals surface area contributed by atoms with Crippen molar-refractivity contribution in [1.82, 2.24) is 10.3 Å². The minimum absolute atomic E-state index is 0.209. The molecule has 1 aliphatic heterocycles. The fourth-order valence-corrected chi connectivity index (χ4v) is 3.05. The molecule has 0 radical (unpaired) electrons. The van der Waals surface area contributed by atoms with Crippen molar-refractivity contribution in [2.24, 2.45) is 4.99 Å². The Hall–Kier alpha value is -0.290.